The predicted octanol–water partition coefficient (Wildman–Crippen LogP) is 2.79. The zero-order chi connectivity index (χ0) is 10.4. The number of azo groups is 1. The van der Waals surface area contributed by atoms with Crippen LogP contribution < -0.4 is 0 Å². The lowest BCUT2D eigenvalue weighted by molar-refractivity contribution is 0.949. The zero-order valence-electron chi connectivity index (χ0n) is 7.05. The smallest absolute Gasteiger partial charge is 0.195 e. The molecule has 0 bridgehead atoms. The molecule has 0 spiro atoms. The Hall–Kier alpha value is -1.47. The summed E-state index contributed by atoms with van der Waals surface area (Å²) in [5, 5.41) is 24.2. The van der Waals surface area contributed by atoms with Gasteiger partial charge in [-0.05, 0) is 40.8 Å². The summed E-state index contributed by atoms with van der Waals surface area (Å²) in [6, 6.07) is 9.74. The molecular formula is C9H5IN4. The van der Waals surface area contributed by atoms with Crippen molar-refractivity contribution >= 4 is 28.3 Å². The van der Waals surface area contributed by atoms with Gasteiger partial charge in [0.15, 0.2) is 0 Å². The van der Waals surface area contributed by atoms with Crippen LogP contribution in [0.1, 0.15) is 0 Å². The van der Waals surface area contributed by atoms with Crippen LogP contribution in [0.4, 0.5) is 5.69 Å². The van der Waals surface area contributed by atoms with Crippen molar-refractivity contribution in [3.63, 3.8) is 0 Å². The molecule has 0 radical (unpaired) electrons. The quantitative estimate of drug-likeness (QED) is 0.621. The first-order chi connectivity index (χ1) is 6.76. The van der Waals surface area contributed by atoms with E-state index >= 15 is 0 Å². The molecule has 68 valence electrons. The third kappa shape index (κ3) is 3.11. The van der Waals surface area contributed by atoms with Gasteiger partial charge in [0.1, 0.15) is 12.1 Å². The Balaban J connectivity index is 2.80. The molecule has 14 heavy (non-hydrogen) atoms. The lowest BCUT2D eigenvalue weighted by Gasteiger charge is -1.92. The van der Waals surface area contributed by atoms with E-state index in [0.29, 0.717) is 5.69 Å². The normalized spacial score (nSPS) is 10.0. The van der Waals surface area contributed by atoms with Crippen molar-refractivity contribution in [1.29, 1.82) is 10.5 Å². The topological polar surface area (TPSA) is 72.3 Å². The van der Waals surface area contributed by atoms with Crippen LogP contribution in [0.3, 0.4) is 0 Å². The Morgan fingerprint density at radius 1 is 1.29 bits per heavy atom. The van der Waals surface area contributed by atoms with Gasteiger partial charge in [0.2, 0.25) is 6.04 Å². The molecule has 0 atom stereocenters. The Labute approximate surface area is 95.0 Å². The van der Waals surface area contributed by atoms with Crippen molar-refractivity contribution in [2.24, 2.45) is 10.2 Å². The molecule has 0 saturated carbocycles. The van der Waals surface area contributed by atoms with E-state index in [4.69, 9.17) is 10.5 Å². The van der Waals surface area contributed by atoms with Crippen molar-refractivity contribution < 1.29 is 0 Å². The highest BCUT2D eigenvalue weighted by Crippen LogP contribution is 2.16. The average molecular weight is 296 g/mol. The molecule has 4 nitrogen and oxygen atoms in total. The Bertz CT molecular complexity index is 413. The Kier molecular flexibility index (Phi) is 4.02. The van der Waals surface area contributed by atoms with E-state index < -0.39 is 6.04 Å². The van der Waals surface area contributed by atoms with Crippen LogP contribution in [-0.2, 0) is 0 Å². The van der Waals surface area contributed by atoms with Gasteiger partial charge in [-0.1, -0.05) is 6.07 Å². The van der Waals surface area contributed by atoms with Crippen LogP contribution >= 0.6 is 22.6 Å². The molecule has 5 heteroatoms. The number of hydrogen-bond donors (Lipinski definition) is 0. The summed E-state index contributed by atoms with van der Waals surface area (Å²) in [6.45, 7) is 0. The third-order valence-electron chi connectivity index (χ3n) is 1.34. The summed E-state index contributed by atoms with van der Waals surface area (Å²) >= 11 is 2.15. The maximum absolute atomic E-state index is 8.43. The second kappa shape index (κ2) is 5.30. The maximum Gasteiger partial charge on any atom is 0.242 e. The van der Waals surface area contributed by atoms with Crippen molar-refractivity contribution in [2.45, 2.75) is 6.04 Å². The minimum Gasteiger partial charge on any atom is -0.195 e. The minimum absolute atomic E-state index is 0.646. The van der Waals surface area contributed by atoms with Gasteiger partial charge in [-0.25, -0.2) is 0 Å². The fourth-order valence-electron chi connectivity index (χ4n) is 0.743. The molecule has 0 unspecified atom stereocenters. The fraction of sp³-hybridized carbons (Fsp3) is 0.111. The fourth-order valence-corrected chi connectivity index (χ4v) is 1.27. The molecular weight excluding hydrogens is 291 g/mol. The molecule has 0 amide bonds. The second-order valence-corrected chi connectivity index (χ2v) is 3.60. The Morgan fingerprint density at radius 3 is 2.57 bits per heavy atom. The summed E-state index contributed by atoms with van der Waals surface area (Å²) in [6.07, 6.45) is 0. The lowest BCUT2D eigenvalue weighted by atomic mass is 10.3. The van der Waals surface area contributed by atoms with Crippen LogP contribution in [0.5, 0.6) is 0 Å². The number of nitriles is 2. The summed E-state index contributed by atoms with van der Waals surface area (Å²) in [5.41, 5.74) is 0.646. The molecule has 0 aromatic heterocycles. The van der Waals surface area contributed by atoms with Gasteiger partial charge in [-0.2, -0.15) is 20.8 Å². The van der Waals surface area contributed by atoms with Crippen molar-refractivity contribution in [3.05, 3.63) is 27.8 Å². The van der Waals surface area contributed by atoms with Crippen LogP contribution in [0.2, 0.25) is 0 Å². The summed E-state index contributed by atoms with van der Waals surface area (Å²) in [4.78, 5) is 0. The van der Waals surface area contributed by atoms with Gasteiger partial charge in [0, 0.05) is 3.57 Å². The third-order valence-corrected chi connectivity index (χ3v) is 2.01. The van der Waals surface area contributed by atoms with Crippen LogP contribution in [0, 0.1) is 26.2 Å². The van der Waals surface area contributed by atoms with Crippen LogP contribution in [0.25, 0.3) is 0 Å². The monoisotopic (exact) mass is 296 g/mol. The van der Waals surface area contributed by atoms with Crippen LogP contribution in [0.15, 0.2) is 34.5 Å². The van der Waals surface area contributed by atoms with Crippen LogP contribution in [-0.4, -0.2) is 6.04 Å². The van der Waals surface area contributed by atoms with E-state index in [-0.39, 0.29) is 0 Å². The van der Waals surface area contributed by atoms with Gasteiger partial charge < -0.3 is 0 Å². The largest absolute Gasteiger partial charge is 0.242 e. The van der Waals surface area contributed by atoms with Gasteiger partial charge in [0.25, 0.3) is 0 Å². The van der Waals surface area contributed by atoms with Gasteiger partial charge in [-0.15, -0.1) is 0 Å². The zero-order valence-corrected chi connectivity index (χ0v) is 9.21. The molecule has 0 aliphatic carbocycles. The molecule has 1 aromatic rings. The van der Waals surface area contributed by atoms with Crippen molar-refractivity contribution in [2.75, 3.05) is 0 Å². The standard InChI is InChI=1S/C9H5IN4/c10-7-2-1-3-8(4-7)13-14-9(5-11)6-12/h1-4,9H. The van der Waals surface area contributed by atoms with E-state index in [0.717, 1.165) is 3.57 Å². The Morgan fingerprint density at radius 2 is 2.00 bits per heavy atom. The SMILES string of the molecule is N#CC(C#N)N=Nc1cccc(I)c1. The van der Waals surface area contributed by atoms with Gasteiger partial charge in [-0.3, -0.25) is 0 Å². The lowest BCUT2D eigenvalue weighted by Crippen LogP contribution is -1.92. The first-order valence-corrected chi connectivity index (χ1v) is 4.80. The molecule has 0 saturated heterocycles. The molecule has 0 aliphatic rings. The maximum atomic E-state index is 8.43. The van der Waals surface area contributed by atoms with E-state index in [1.54, 1.807) is 18.2 Å². The number of nitrogens with zero attached hydrogens (tertiary/aromatic N) is 4. The summed E-state index contributed by atoms with van der Waals surface area (Å²) in [5.74, 6) is 0. The molecule has 0 N–H and O–H groups in total. The average Bonchev–Trinajstić information content (AvgIpc) is 2.19. The van der Waals surface area contributed by atoms with Gasteiger partial charge in [0.05, 0.1) is 5.69 Å². The highest BCUT2D eigenvalue weighted by molar-refractivity contribution is 14.1. The number of halogens is 1. The highest BCUT2D eigenvalue weighted by atomic mass is 127. The number of rotatable bonds is 2. The molecule has 0 heterocycles. The van der Waals surface area contributed by atoms with Crippen molar-refractivity contribution in [3.8, 4) is 12.1 Å². The van der Waals surface area contributed by atoms with E-state index in [2.05, 4.69) is 32.8 Å². The molecule has 0 aliphatic heterocycles. The number of hydrogen-bond acceptors (Lipinski definition) is 4. The molecule has 1 rings (SSSR count). The first kappa shape index (κ1) is 10.6. The van der Waals surface area contributed by atoms with E-state index in [1.165, 1.54) is 0 Å². The summed E-state index contributed by atoms with van der Waals surface area (Å²) < 4.78 is 1.03. The number of benzene rings is 1. The molecule has 1 aromatic carbocycles. The minimum atomic E-state index is -1.02. The first-order valence-electron chi connectivity index (χ1n) is 3.72. The van der Waals surface area contributed by atoms with E-state index in [1.807, 2.05) is 18.2 Å². The highest BCUT2D eigenvalue weighted by Gasteiger charge is 2.00. The summed E-state index contributed by atoms with van der Waals surface area (Å²) in [7, 11) is 0. The predicted molar refractivity (Wildman–Crippen MR) is 58.7 cm³/mol. The van der Waals surface area contributed by atoms with Crippen molar-refractivity contribution in [1.82, 2.24) is 0 Å². The van der Waals surface area contributed by atoms with E-state index in [9.17, 15) is 0 Å². The van der Waals surface area contributed by atoms with Gasteiger partial charge >= 0.3 is 0 Å². The second-order valence-electron chi connectivity index (χ2n) is 2.36. The molecule has 0 fully saturated rings.